The first-order chi connectivity index (χ1) is 8.06. The van der Waals surface area contributed by atoms with Crippen molar-refractivity contribution in [1.29, 1.82) is 0 Å². The van der Waals surface area contributed by atoms with E-state index in [1.807, 2.05) is 26.0 Å². The Bertz CT molecular complexity index is 608. The van der Waals surface area contributed by atoms with Crippen LogP contribution in [-0.4, -0.2) is 10.2 Å². The van der Waals surface area contributed by atoms with E-state index in [0.29, 0.717) is 5.75 Å². The number of rotatable bonds is 2. The van der Waals surface area contributed by atoms with Crippen LogP contribution in [0.4, 0.5) is 0 Å². The highest BCUT2D eigenvalue weighted by Crippen LogP contribution is 2.22. The molecule has 0 saturated carbocycles. The van der Waals surface area contributed by atoms with Crippen LogP contribution < -0.4 is 10.2 Å². The van der Waals surface area contributed by atoms with Gasteiger partial charge in [0.05, 0.1) is 0 Å². The van der Waals surface area contributed by atoms with E-state index in [2.05, 4.69) is 10.2 Å². The molecule has 5 heteroatoms. The molecule has 0 atom stereocenters. The van der Waals surface area contributed by atoms with Gasteiger partial charge in [-0.3, -0.25) is 9.89 Å². The van der Waals surface area contributed by atoms with Gasteiger partial charge in [-0.2, -0.15) is 0 Å². The van der Waals surface area contributed by atoms with E-state index in [0.717, 1.165) is 11.1 Å². The molecule has 4 nitrogen and oxygen atoms in total. The molecular formula is C12H11ClN2O2. The maximum atomic E-state index is 11.5. The fourth-order valence-electron chi connectivity index (χ4n) is 1.46. The van der Waals surface area contributed by atoms with E-state index in [9.17, 15) is 4.79 Å². The lowest BCUT2D eigenvalue weighted by molar-refractivity contribution is 0.447. The third kappa shape index (κ3) is 2.65. The topological polar surface area (TPSA) is 55.0 Å². The van der Waals surface area contributed by atoms with E-state index < -0.39 is 0 Å². The van der Waals surface area contributed by atoms with Gasteiger partial charge < -0.3 is 4.74 Å². The standard InChI is InChI=1S/C12H11ClN2O2/c1-7-3-4-10(8(2)5-7)17-12-9(16)6-11(13)14-15-12/h3-6H,1-2H3,(H,14,16). The summed E-state index contributed by atoms with van der Waals surface area (Å²) >= 11 is 5.60. The summed E-state index contributed by atoms with van der Waals surface area (Å²) in [4.78, 5) is 11.5. The van der Waals surface area contributed by atoms with Crippen LogP contribution in [0.3, 0.4) is 0 Å². The second-order valence-corrected chi connectivity index (χ2v) is 4.16. The number of ether oxygens (including phenoxy) is 1. The highest BCUT2D eigenvalue weighted by molar-refractivity contribution is 6.29. The third-order valence-electron chi connectivity index (χ3n) is 2.27. The Morgan fingerprint density at radius 3 is 2.71 bits per heavy atom. The molecule has 17 heavy (non-hydrogen) atoms. The molecule has 0 bridgehead atoms. The summed E-state index contributed by atoms with van der Waals surface area (Å²) in [5.74, 6) is 0.595. The van der Waals surface area contributed by atoms with Crippen LogP contribution in [-0.2, 0) is 0 Å². The molecule has 0 aliphatic carbocycles. The van der Waals surface area contributed by atoms with Gasteiger partial charge in [-0.15, -0.1) is 5.10 Å². The van der Waals surface area contributed by atoms with Crippen molar-refractivity contribution >= 4 is 11.6 Å². The number of nitrogens with one attached hydrogen (secondary N) is 1. The maximum Gasteiger partial charge on any atom is 0.285 e. The van der Waals surface area contributed by atoms with Gasteiger partial charge in [-0.1, -0.05) is 29.3 Å². The SMILES string of the molecule is Cc1ccc(Oc2n[nH]c(Cl)cc2=O)c(C)c1. The minimum atomic E-state index is -0.353. The van der Waals surface area contributed by atoms with Gasteiger partial charge in [0.15, 0.2) is 0 Å². The summed E-state index contributed by atoms with van der Waals surface area (Å²) in [6, 6.07) is 6.92. The lowest BCUT2D eigenvalue weighted by atomic mass is 10.1. The molecule has 0 aliphatic heterocycles. The smallest absolute Gasteiger partial charge is 0.285 e. The Hall–Kier alpha value is -1.81. The van der Waals surface area contributed by atoms with Crippen molar-refractivity contribution in [3.05, 3.63) is 50.8 Å². The normalized spacial score (nSPS) is 10.3. The van der Waals surface area contributed by atoms with Gasteiger partial charge in [-0.05, 0) is 25.5 Å². The number of aromatic nitrogens is 2. The molecule has 1 N–H and O–H groups in total. The predicted octanol–water partition coefficient (Wildman–Crippen LogP) is 2.83. The van der Waals surface area contributed by atoms with Gasteiger partial charge >= 0.3 is 0 Å². The Balaban J connectivity index is 2.35. The van der Waals surface area contributed by atoms with Crippen molar-refractivity contribution in [2.24, 2.45) is 0 Å². The lowest BCUT2D eigenvalue weighted by Gasteiger charge is -2.07. The molecule has 0 radical (unpaired) electrons. The predicted molar refractivity (Wildman–Crippen MR) is 65.9 cm³/mol. The second kappa shape index (κ2) is 4.59. The number of H-pyrrole nitrogens is 1. The summed E-state index contributed by atoms with van der Waals surface area (Å²) in [6.07, 6.45) is 0. The van der Waals surface area contributed by atoms with Gasteiger partial charge in [0.25, 0.3) is 5.88 Å². The molecule has 2 rings (SSSR count). The molecule has 2 aromatic rings. The van der Waals surface area contributed by atoms with Crippen LogP contribution >= 0.6 is 11.6 Å². The fourth-order valence-corrected chi connectivity index (χ4v) is 1.60. The quantitative estimate of drug-likeness (QED) is 0.892. The minimum absolute atomic E-state index is 0.0126. The van der Waals surface area contributed by atoms with Crippen LogP contribution in [0, 0.1) is 13.8 Å². The van der Waals surface area contributed by atoms with E-state index in [4.69, 9.17) is 16.3 Å². The third-order valence-corrected chi connectivity index (χ3v) is 2.46. The fraction of sp³-hybridized carbons (Fsp3) is 0.167. The molecule has 1 aromatic heterocycles. The van der Waals surface area contributed by atoms with Crippen LogP contribution in [0.1, 0.15) is 11.1 Å². The number of hydrogen-bond acceptors (Lipinski definition) is 3. The van der Waals surface area contributed by atoms with Gasteiger partial charge in [0.2, 0.25) is 5.43 Å². The zero-order valence-corrected chi connectivity index (χ0v) is 10.2. The average molecular weight is 251 g/mol. The molecule has 0 amide bonds. The monoisotopic (exact) mass is 250 g/mol. The van der Waals surface area contributed by atoms with Crippen LogP contribution in [0.2, 0.25) is 5.15 Å². The van der Waals surface area contributed by atoms with Crippen molar-refractivity contribution in [2.45, 2.75) is 13.8 Å². The van der Waals surface area contributed by atoms with E-state index >= 15 is 0 Å². The molecule has 1 aromatic carbocycles. The Labute approximate surface area is 103 Å². The molecular weight excluding hydrogens is 240 g/mol. The minimum Gasteiger partial charge on any atom is -0.435 e. The second-order valence-electron chi connectivity index (χ2n) is 3.76. The van der Waals surface area contributed by atoms with Crippen LogP contribution in [0.15, 0.2) is 29.1 Å². The summed E-state index contributed by atoms with van der Waals surface area (Å²) in [7, 11) is 0. The van der Waals surface area contributed by atoms with Crippen molar-refractivity contribution < 1.29 is 4.74 Å². The van der Waals surface area contributed by atoms with Gasteiger partial charge in [0.1, 0.15) is 10.9 Å². The summed E-state index contributed by atoms with van der Waals surface area (Å²) in [5, 5.41) is 6.41. The molecule has 0 aliphatic rings. The molecule has 1 heterocycles. The van der Waals surface area contributed by atoms with E-state index in [1.165, 1.54) is 6.07 Å². The van der Waals surface area contributed by atoms with E-state index in [-0.39, 0.29) is 16.5 Å². The number of halogens is 1. The summed E-state index contributed by atoms with van der Waals surface area (Å²) < 4.78 is 5.44. The summed E-state index contributed by atoms with van der Waals surface area (Å²) in [5.41, 5.74) is 1.72. The average Bonchev–Trinajstić information content (AvgIpc) is 2.25. The first-order valence-electron chi connectivity index (χ1n) is 5.06. The highest BCUT2D eigenvalue weighted by atomic mass is 35.5. The number of aryl methyl sites for hydroxylation is 2. The Morgan fingerprint density at radius 1 is 1.29 bits per heavy atom. The molecule has 0 spiro atoms. The molecule has 88 valence electrons. The van der Waals surface area contributed by atoms with Crippen molar-refractivity contribution in [3.8, 4) is 11.6 Å². The number of benzene rings is 1. The maximum absolute atomic E-state index is 11.5. The first-order valence-corrected chi connectivity index (χ1v) is 5.44. The molecule has 0 unspecified atom stereocenters. The van der Waals surface area contributed by atoms with Crippen LogP contribution in [0.25, 0.3) is 0 Å². The van der Waals surface area contributed by atoms with Crippen LogP contribution in [0.5, 0.6) is 11.6 Å². The van der Waals surface area contributed by atoms with Gasteiger partial charge in [0, 0.05) is 6.07 Å². The van der Waals surface area contributed by atoms with Crippen molar-refractivity contribution in [2.75, 3.05) is 0 Å². The molecule has 0 saturated heterocycles. The Kier molecular flexibility index (Phi) is 3.15. The van der Waals surface area contributed by atoms with Gasteiger partial charge in [-0.25, -0.2) is 0 Å². The number of nitrogens with zero attached hydrogens (tertiary/aromatic N) is 1. The van der Waals surface area contributed by atoms with Crippen molar-refractivity contribution in [3.63, 3.8) is 0 Å². The highest BCUT2D eigenvalue weighted by Gasteiger charge is 2.07. The Morgan fingerprint density at radius 2 is 2.06 bits per heavy atom. The zero-order valence-electron chi connectivity index (χ0n) is 9.45. The zero-order chi connectivity index (χ0) is 12.4. The lowest BCUT2D eigenvalue weighted by Crippen LogP contribution is -2.07. The van der Waals surface area contributed by atoms with Crippen molar-refractivity contribution in [1.82, 2.24) is 10.2 Å². The van der Waals surface area contributed by atoms with E-state index in [1.54, 1.807) is 6.07 Å². The molecule has 0 fully saturated rings. The summed E-state index contributed by atoms with van der Waals surface area (Å²) in [6.45, 7) is 3.90. The number of hydrogen-bond donors (Lipinski definition) is 1. The largest absolute Gasteiger partial charge is 0.435 e. The number of aromatic amines is 1. The first kappa shape index (κ1) is 11.7.